The number of furan rings is 4. The van der Waals surface area contributed by atoms with E-state index < -0.39 is 75.2 Å². The van der Waals surface area contributed by atoms with Gasteiger partial charge < -0.3 is 48.8 Å². The van der Waals surface area contributed by atoms with Crippen molar-refractivity contribution in [3.05, 3.63) is 238 Å². The Morgan fingerprint density at radius 2 is 0.901 bits per heavy atom. The number of aliphatic hydroxyl groups excluding tert-OH is 3. The lowest BCUT2D eigenvalue weighted by Gasteiger charge is -2.42. The highest BCUT2D eigenvalue weighted by Crippen LogP contribution is 2.47. The highest BCUT2D eigenvalue weighted by atomic mass is 127. The fraction of sp³-hybridized carbons (Fsp3) is 0.407. The number of nitrogens with two attached hydrogens (primary N) is 1. The summed E-state index contributed by atoms with van der Waals surface area (Å²) in [4.78, 5) is 13.7. The lowest BCUT2D eigenvalue weighted by atomic mass is 9.87. The minimum Gasteiger partial charge on any atom is -0.491 e. The van der Waals surface area contributed by atoms with Crippen LogP contribution in [-0.4, -0.2) is 124 Å². The van der Waals surface area contributed by atoms with Gasteiger partial charge in [0.05, 0.1) is 37.9 Å². The first kappa shape index (κ1) is 90.8. The van der Waals surface area contributed by atoms with Crippen LogP contribution < -0.4 is 15.8 Å². The Kier molecular flexibility index (Phi) is 33.2. The third-order valence-electron chi connectivity index (χ3n) is 18.0. The van der Waals surface area contributed by atoms with Crippen LogP contribution in [-0.2, 0) is 25.7 Å². The number of nitrogens with zero attached hydrogens (tertiary/aromatic N) is 2. The predicted molar refractivity (Wildman–Crippen MR) is 434 cm³/mol. The number of halogens is 12. The van der Waals surface area contributed by atoms with Gasteiger partial charge in [0.25, 0.3) is 0 Å². The number of ether oxygens (including phenoxy) is 1. The summed E-state index contributed by atoms with van der Waals surface area (Å²) >= 11 is 3.65. The van der Waals surface area contributed by atoms with Crippen molar-refractivity contribution >= 4 is 95.3 Å². The first-order chi connectivity index (χ1) is 52.2. The molecule has 2 aliphatic heterocycles. The van der Waals surface area contributed by atoms with Gasteiger partial charge in [-0.2, -0.15) is 0 Å². The zero-order valence-electron chi connectivity index (χ0n) is 64.7. The van der Waals surface area contributed by atoms with Gasteiger partial charge >= 0.3 is 0 Å². The van der Waals surface area contributed by atoms with E-state index in [4.69, 9.17) is 43.5 Å². The number of aldehydes is 1. The van der Waals surface area contributed by atoms with Crippen molar-refractivity contribution in [3.63, 3.8) is 0 Å². The van der Waals surface area contributed by atoms with Crippen LogP contribution in [0, 0.1) is 42.0 Å². The maximum Gasteiger partial charge on any atom is 0.155 e. The molecule has 0 saturated heterocycles. The van der Waals surface area contributed by atoms with Crippen LogP contribution in [0.4, 0.5) is 43.9 Å². The quantitative estimate of drug-likeness (QED) is 0.0293. The van der Waals surface area contributed by atoms with Crippen molar-refractivity contribution in [2.24, 2.45) is 5.73 Å². The Labute approximate surface area is 669 Å². The van der Waals surface area contributed by atoms with E-state index in [-0.39, 0.29) is 86.8 Å². The van der Waals surface area contributed by atoms with E-state index in [1.807, 2.05) is 140 Å². The van der Waals surface area contributed by atoms with Gasteiger partial charge in [-0.25, -0.2) is 43.9 Å². The number of carbonyl (C=O) groups is 1. The number of nitrogens with one attached hydrogen (secondary N) is 1. The molecule has 7 aromatic carbocycles. The number of alkyl halides is 4. The molecular weight excluding hydrogens is 1680 g/mol. The van der Waals surface area contributed by atoms with Gasteiger partial charge in [0.2, 0.25) is 0 Å². The van der Waals surface area contributed by atoms with Crippen LogP contribution >= 0.6 is 45.2 Å². The molecule has 4 aromatic heterocycles. The number of aliphatic hydroxyl groups is 3. The first-order valence-electron chi connectivity index (χ1n) is 36.6. The van der Waals surface area contributed by atoms with Crippen LogP contribution in [0.3, 0.4) is 0 Å². The van der Waals surface area contributed by atoms with E-state index in [1.54, 1.807) is 67.7 Å². The van der Waals surface area contributed by atoms with E-state index in [1.165, 1.54) is 56.3 Å². The van der Waals surface area contributed by atoms with Gasteiger partial charge in [-0.15, -0.1) is 0 Å². The first-order valence-corrected chi connectivity index (χ1v) is 38.7. The lowest BCUT2D eigenvalue weighted by molar-refractivity contribution is 0.0572. The highest BCUT2D eigenvalue weighted by molar-refractivity contribution is 14.1. The lowest BCUT2D eigenvalue weighted by Crippen LogP contribution is -2.48. The molecule has 0 spiro atoms. The van der Waals surface area contributed by atoms with Gasteiger partial charge in [-0.05, 0) is 220 Å². The fourth-order valence-corrected chi connectivity index (χ4v) is 13.9. The standard InChI is InChI=1S/C24H26F3NO3.C22H21F3INO.C15H20FNO.C11H13NO.C7H3F2IO.C5H11F.C2H6O2/c1-14-10-17-16-6-4-5-7-20(16)31-23(17)22(28(14)13-24(2,3)27)21-18(25)11-15(12-19(21)26)30-9-8-29;1-12-8-15-14-6-4-5-7-18(14)28-21(15)20(27(12)11-22(2,3)25)19-16(23)9-13(26)10-17(19)24;1-11(17-10-15(2,3)16)8-12-9-18-14-7-5-4-6-13(12)14;1-8(12)6-9-7-13-11-5-3-2-4-10(9)11;8-6-1-4(10)2-7(9)5(6)3-11;1-4-5(2,3)6;3-1-2-4/h4-7,11-12,14,22,29H,8-10,13H2,1-3H3;4-7,9-10,12,20H,8,11H2,1-3H3;4-7,9,11,17H,8,10H2,1-3H3;2-5,7-8H,6,12H2,1H3;1-3H;4H2,1-3H3;3-4H,1-2H2. The van der Waals surface area contributed by atoms with Crippen molar-refractivity contribution in [2.75, 3.05) is 46.1 Å². The number of carbonyl (C=O) groups excluding carboxylic acids is 1. The zero-order valence-corrected chi connectivity index (χ0v) is 69.0. The van der Waals surface area contributed by atoms with Crippen LogP contribution in [0.25, 0.3) is 43.9 Å². The summed E-state index contributed by atoms with van der Waals surface area (Å²) in [6.07, 6.45) is 7.29. The second kappa shape index (κ2) is 40.6. The number of hydrogen-bond donors (Lipinski definition) is 5. The van der Waals surface area contributed by atoms with Crippen molar-refractivity contribution in [1.29, 1.82) is 0 Å². The monoisotopic (exact) mass is 1780 g/mol. The normalized spacial score (nSPS) is 16.4. The summed E-state index contributed by atoms with van der Waals surface area (Å²) in [5.41, 5.74) is 7.07. The molecule has 111 heavy (non-hydrogen) atoms. The fourth-order valence-electron chi connectivity index (χ4n) is 12.8. The average Bonchev–Trinajstić information content (AvgIpc) is 1.67. The molecule has 6 N–H and O–H groups in total. The Morgan fingerprint density at radius 3 is 1.25 bits per heavy atom. The zero-order chi connectivity index (χ0) is 82.0. The van der Waals surface area contributed by atoms with Gasteiger partial charge in [-0.3, -0.25) is 14.6 Å². The summed E-state index contributed by atoms with van der Waals surface area (Å²) in [5, 5.41) is 31.5. The van der Waals surface area contributed by atoms with Gasteiger partial charge in [0.1, 0.15) is 116 Å². The molecular formula is C86H100F10I2N4O9. The Hall–Kier alpha value is -7.35. The largest absolute Gasteiger partial charge is 0.491 e. The maximum absolute atomic E-state index is 15.3. The molecule has 0 aliphatic carbocycles. The smallest absolute Gasteiger partial charge is 0.155 e. The molecule has 0 bridgehead atoms. The molecule has 25 heteroatoms. The number of rotatable bonds is 19. The minimum absolute atomic E-state index is 0.0149. The molecule has 0 fully saturated rings. The van der Waals surface area contributed by atoms with Crippen molar-refractivity contribution < 1.29 is 86.4 Å². The molecule has 6 atom stereocenters. The summed E-state index contributed by atoms with van der Waals surface area (Å²) < 4.78 is 170. The van der Waals surface area contributed by atoms with Crippen LogP contribution in [0.2, 0.25) is 0 Å². The minimum atomic E-state index is -1.58. The van der Waals surface area contributed by atoms with Crippen molar-refractivity contribution in [3.8, 4) is 5.75 Å². The molecule has 11 aromatic rings. The molecule has 0 radical (unpaired) electrons. The highest BCUT2D eigenvalue weighted by Gasteiger charge is 2.44. The molecule has 2 aliphatic rings. The number of hydrogen-bond acceptors (Lipinski definition) is 13. The summed E-state index contributed by atoms with van der Waals surface area (Å²) in [7, 11) is 0. The van der Waals surface area contributed by atoms with E-state index in [2.05, 4.69) is 24.4 Å². The van der Waals surface area contributed by atoms with E-state index in [0.717, 1.165) is 75.6 Å². The van der Waals surface area contributed by atoms with Gasteiger partial charge in [0, 0.05) is 107 Å². The van der Waals surface area contributed by atoms with E-state index in [9.17, 15) is 39.9 Å². The second-order valence-corrected chi connectivity index (χ2v) is 32.5. The summed E-state index contributed by atoms with van der Waals surface area (Å²) in [5.74, 6) is -3.60. The number of fused-ring (bicyclic) bond motifs is 8. The van der Waals surface area contributed by atoms with Gasteiger partial charge in [0.15, 0.2) is 6.29 Å². The van der Waals surface area contributed by atoms with Crippen molar-refractivity contribution in [1.82, 2.24) is 15.1 Å². The Balaban J connectivity index is 0.000000195. The molecule has 13 rings (SSSR count). The summed E-state index contributed by atoms with van der Waals surface area (Å²) in [6, 6.07) is 36.5. The SMILES string of the molecule is CC(Cc1coc2ccccc12)NCC(C)(C)F.CC(N)Cc1coc2ccccc12.CC1Cc2c(oc3ccccc23)C(c2c(F)cc(I)cc2F)N1CC(C)(C)F.CC1Cc2c(oc3ccccc23)C(c2c(F)cc(OCCO)cc2F)N1CC(C)(C)F.CCC(C)(C)F.O=Cc1c(F)cc(I)cc1F.OCCO. The number of para-hydroxylation sites is 4. The van der Waals surface area contributed by atoms with Gasteiger partial charge in [-0.1, -0.05) is 79.7 Å². The Bertz CT molecular complexity index is 4730. The Morgan fingerprint density at radius 1 is 0.541 bits per heavy atom. The molecule has 6 unspecified atom stereocenters. The van der Waals surface area contributed by atoms with Crippen LogP contribution in [0.1, 0.15) is 164 Å². The third-order valence-corrected chi connectivity index (χ3v) is 19.3. The van der Waals surface area contributed by atoms with Crippen molar-refractivity contribution in [2.45, 2.75) is 181 Å². The third kappa shape index (κ3) is 25.8. The summed E-state index contributed by atoms with van der Waals surface area (Å²) in [6.45, 7) is 21.8. The molecule has 0 amide bonds. The maximum atomic E-state index is 15.3. The topological polar surface area (TPSA) is 184 Å². The molecule has 6 heterocycles. The molecule has 602 valence electrons. The predicted octanol–water partition coefficient (Wildman–Crippen LogP) is 21.1. The van der Waals surface area contributed by atoms with Crippen LogP contribution in [0.5, 0.6) is 5.75 Å². The molecule has 0 saturated carbocycles. The number of benzene rings is 7. The van der Waals surface area contributed by atoms with E-state index >= 15 is 8.78 Å². The van der Waals surface area contributed by atoms with Crippen LogP contribution in [0.15, 0.2) is 164 Å². The second-order valence-electron chi connectivity index (χ2n) is 30.1. The molecule has 13 nitrogen and oxygen atoms in total. The average molecular weight is 1780 g/mol. The van der Waals surface area contributed by atoms with E-state index in [0.29, 0.717) is 55.6 Å².